The predicted molar refractivity (Wildman–Crippen MR) is 85.8 cm³/mol. The maximum absolute atomic E-state index is 12.8. The molecule has 5 heteroatoms. The number of hydrogen-bond donors (Lipinski definition) is 1. The van der Waals surface area contributed by atoms with Gasteiger partial charge in [0.15, 0.2) is 0 Å². The van der Waals surface area contributed by atoms with Gasteiger partial charge in [-0.15, -0.1) is 0 Å². The molecular formula is C17H22N4O. The summed E-state index contributed by atoms with van der Waals surface area (Å²) in [5.41, 5.74) is 3.07. The van der Waals surface area contributed by atoms with E-state index >= 15 is 0 Å². The Morgan fingerprint density at radius 3 is 2.91 bits per heavy atom. The lowest BCUT2D eigenvalue weighted by Gasteiger charge is -2.33. The average Bonchev–Trinajstić information content (AvgIpc) is 3.12. The zero-order chi connectivity index (χ0) is 15.2. The summed E-state index contributed by atoms with van der Waals surface area (Å²) in [7, 11) is 1.97. The van der Waals surface area contributed by atoms with Gasteiger partial charge in [0.05, 0.1) is 17.4 Å². The number of carbonyl (C=O) groups excluding carboxylic acids is 1. The Morgan fingerprint density at radius 1 is 1.27 bits per heavy atom. The van der Waals surface area contributed by atoms with Crippen molar-refractivity contribution in [1.29, 1.82) is 0 Å². The van der Waals surface area contributed by atoms with E-state index in [2.05, 4.69) is 10.3 Å². The van der Waals surface area contributed by atoms with Gasteiger partial charge in [-0.3, -0.25) is 4.79 Å². The molecule has 1 aromatic carbocycles. The Hall–Kier alpha value is -1.88. The van der Waals surface area contributed by atoms with Gasteiger partial charge in [0.2, 0.25) is 0 Å². The van der Waals surface area contributed by atoms with E-state index in [4.69, 9.17) is 0 Å². The molecule has 0 aliphatic carbocycles. The molecule has 0 radical (unpaired) electrons. The van der Waals surface area contributed by atoms with Crippen LogP contribution < -0.4 is 5.32 Å². The van der Waals surface area contributed by atoms with Crippen molar-refractivity contribution in [1.82, 2.24) is 19.8 Å². The van der Waals surface area contributed by atoms with Gasteiger partial charge in [-0.05, 0) is 56.0 Å². The molecule has 1 spiro atoms. The molecule has 1 aromatic heterocycles. The standard InChI is InChI=1S/C17H22N4O/c1-20-12-19-14-10-13(2-3-15(14)20)16(22)21-9-6-17(11-21)4-7-18-8-5-17/h2-3,10,12,18H,4-9,11H2,1H3. The van der Waals surface area contributed by atoms with Crippen molar-refractivity contribution in [3.8, 4) is 0 Å². The van der Waals surface area contributed by atoms with Crippen LogP contribution in [0.15, 0.2) is 24.5 Å². The summed E-state index contributed by atoms with van der Waals surface area (Å²) in [5, 5.41) is 3.42. The minimum atomic E-state index is 0.156. The molecule has 4 rings (SSSR count). The summed E-state index contributed by atoms with van der Waals surface area (Å²) in [4.78, 5) is 19.2. The van der Waals surface area contributed by atoms with Crippen LogP contribution >= 0.6 is 0 Å². The third-order valence-electron chi connectivity index (χ3n) is 5.36. The Bertz CT molecular complexity index is 715. The maximum atomic E-state index is 12.8. The molecule has 3 heterocycles. The summed E-state index contributed by atoms with van der Waals surface area (Å²) in [6.45, 7) is 3.97. The second-order valence-electron chi connectivity index (χ2n) is 6.79. The summed E-state index contributed by atoms with van der Waals surface area (Å²) in [6.07, 6.45) is 5.32. The molecule has 5 nitrogen and oxygen atoms in total. The number of benzene rings is 1. The van der Waals surface area contributed by atoms with E-state index in [1.165, 1.54) is 12.8 Å². The largest absolute Gasteiger partial charge is 0.338 e. The van der Waals surface area contributed by atoms with E-state index in [0.717, 1.165) is 49.2 Å². The summed E-state index contributed by atoms with van der Waals surface area (Å²) >= 11 is 0. The van der Waals surface area contributed by atoms with Gasteiger partial charge in [-0.1, -0.05) is 0 Å². The van der Waals surface area contributed by atoms with Crippen LogP contribution in [0.1, 0.15) is 29.6 Å². The van der Waals surface area contributed by atoms with Crippen molar-refractivity contribution in [2.45, 2.75) is 19.3 Å². The number of fused-ring (bicyclic) bond motifs is 1. The number of rotatable bonds is 1. The number of aromatic nitrogens is 2. The van der Waals surface area contributed by atoms with Crippen molar-refractivity contribution in [2.75, 3.05) is 26.2 Å². The summed E-state index contributed by atoms with van der Waals surface area (Å²) in [6, 6.07) is 5.84. The molecule has 2 saturated heterocycles. The van der Waals surface area contributed by atoms with Crippen molar-refractivity contribution in [2.24, 2.45) is 12.5 Å². The van der Waals surface area contributed by atoms with Crippen molar-refractivity contribution < 1.29 is 4.79 Å². The summed E-state index contributed by atoms with van der Waals surface area (Å²) < 4.78 is 1.98. The molecule has 22 heavy (non-hydrogen) atoms. The molecule has 1 amide bonds. The average molecular weight is 298 g/mol. The lowest BCUT2D eigenvalue weighted by Crippen LogP contribution is -2.39. The van der Waals surface area contributed by atoms with Gasteiger partial charge >= 0.3 is 0 Å². The minimum absolute atomic E-state index is 0.156. The number of piperidine rings is 1. The molecule has 0 atom stereocenters. The van der Waals surface area contributed by atoms with Crippen LogP contribution in [0.3, 0.4) is 0 Å². The zero-order valence-corrected chi connectivity index (χ0v) is 13.0. The van der Waals surface area contributed by atoms with Gasteiger partial charge in [-0.25, -0.2) is 4.98 Å². The van der Waals surface area contributed by atoms with E-state index in [9.17, 15) is 4.79 Å². The van der Waals surface area contributed by atoms with Crippen molar-refractivity contribution in [3.05, 3.63) is 30.1 Å². The van der Waals surface area contributed by atoms with E-state index in [1.54, 1.807) is 6.33 Å². The SMILES string of the molecule is Cn1cnc2cc(C(=O)N3CCC4(CCNCC4)C3)ccc21. The van der Waals surface area contributed by atoms with Crippen molar-refractivity contribution >= 4 is 16.9 Å². The maximum Gasteiger partial charge on any atom is 0.253 e. The van der Waals surface area contributed by atoms with Gasteiger partial charge in [0, 0.05) is 25.7 Å². The lowest BCUT2D eigenvalue weighted by molar-refractivity contribution is 0.0762. The third kappa shape index (κ3) is 2.20. The Kier molecular flexibility index (Phi) is 3.18. The number of carbonyl (C=O) groups is 1. The van der Waals surface area contributed by atoms with Crippen molar-refractivity contribution in [3.63, 3.8) is 0 Å². The number of likely N-dealkylation sites (tertiary alicyclic amines) is 1. The molecule has 2 fully saturated rings. The molecule has 0 unspecified atom stereocenters. The van der Waals surface area contributed by atoms with Crippen LogP contribution in [0.4, 0.5) is 0 Å². The first-order valence-electron chi connectivity index (χ1n) is 8.08. The van der Waals surface area contributed by atoms with Gasteiger partial charge < -0.3 is 14.8 Å². The monoisotopic (exact) mass is 298 g/mol. The van der Waals surface area contributed by atoms with Gasteiger partial charge in [0.25, 0.3) is 5.91 Å². The molecule has 2 aliphatic rings. The molecule has 2 aromatic rings. The van der Waals surface area contributed by atoms with Crippen LogP contribution in [-0.4, -0.2) is 46.5 Å². The van der Waals surface area contributed by atoms with Crippen LogP contribution in [-0.2, 0) is 7.05 Å². The Balaban J connectivity index is 1.55. The normalized spacial score (nSPS) is 20.9. The topological polar surface area (TPSA) is 50.2 Å². The number of nitrogens with one attached hydrogen (secondary N) is 1. The lowest BCUT2D eigenvalue weighted by atomic mass is 9.78. The first kappa shape index (κ1) is 13.8. The quantitative estimate of drug-likeness (QED) is 0.873. The highest BCUT2D eigenvalue weighted by Crippen LogP contribution is 2.39. The minimum Gasteiger partial charge on any atom is -0.338 e. The van der Waals surface area contributed by atoms with Crippen LogP contribution in [0.5, 0.6) is 0 Å². The Labute approximate surface area is 130 Å². The smallest absolute Gasteiger partial charge is 0.253 e. The highest BCUT2D eigenvalue weighted by atomic mass is 16.2. The molecule has 1 N–H and O–H groups in total. The number of imidazole rings is 1. The highest BCUT2D eigenvalue weighted by molar-refractivity contribution is 5.97. The van der Waals surface area contributed by atoms with Gasteiger partial charge in [-0.2, -0.15) is 0 Å². The zero-order valence-electron chi connectivity index (χ0n) is 13.0. The molecular weight excluding hydrogens is 276 g/mol. The Morgan fingerprint density at radius 2 is 2.09 bits per heavy atom. The predicted octanol–water partition coefficient (Wildman–Crippen LogP) is 1.79. The third-order valence-corrected chi connectivity index (χ3v) is 5.36. The van der Waals surface area contributed by atoms with E-state index < -0.39 is 0 Å². The van der Waals surface area contributed by atoms with Gasteiger partial charge in [0.1, 0.15) is 0 Å². The van der Waals surface area contributed by atoms with Crippen LogP contribution in [0.2, 0.25) is 0 Å². The molecule has 0 saturated carbocycles. The van der Waals surface area contributed by atoms with Crippen LogP contribution in [0.25, 0.3) is 11.0 Å². The second kappa shape index (κ2) is 5.09. The van der Waals surface area contributed by atoms with Crippen LogP contribution in [0, 0.1) is 5.41 Å². The molecule has 2 aliphatic heterocycles. The number of aryl methyl sites for hydroxylation is 1. The summed E-state index contributed by atoms with van der Waals surface area (Å²) in [5.74, 6) is 0.156. The fourth-order valence-corrected chi connectivity index (χ4v) is 3.93. The molecule has 0 bridgehead atoms. The number of hydrogen-bond acceptors (Lipinski definition) is 3. The fraction of sp³-hybridized carbons (Fsp3) is 0.529. The van der Waals surface area contributed by atoms with E-state index in [-0.39, 0.29) is 5.91 Å². The first-order valence-corrected chi connectivity index (χ1v) is 8.08. The number of amides is 1. The fourth-order valence-electron chi connectivity index (χ4n) is 3.93. The van der Waals surface area contributed by atoms with E-state index in [1.807, 2.05) is 34.7 Å². The molecule has 116 valence electrons. The number of nitrogens with zero attached hydrogens (tertiary/aromatic N) is 3. The second-order valence-corrected chi connectivity index (χ2v) is 6.79. The van der Waals surface area contributed by atoms with E-state index in [0.29, 0.717) is 5.41 Å². The first-order chi connectivity index (χ1) is 10.7. The highest BCUT2D eigenvalue weighted by Gasteiger charge is 2.40.